The summed E-state index contributed by atoms with van der Waals surface area (Å²) in [6.45, 7) is 0.293. The van der Waals surface area contributed by atoms with Crippen molar-refractivity contribution in [3.05, 3.63) is 76.0 Å². The SMILES string of the molecule is O=C(NC1CCN2C(=O)c3cc(-c4ccc(F)cc4F)ccc3NC(=O)C12)c1cccs1. The van der Waals surface area contributed by atoms with Crippen LogP contribution in [0.1, 0.15) is 26.5 Å². The first-order valence-corrected chi connectivity index (χ1v) is 10.9. The van der Waals surface area contributed by atoms with Crippen molar-refractivity contribution in [3.63, 3.8) is 0 Å². The van der Waals surface area contributed by atoms with Gasteiger partial charge in [0.1, 0.15) is 17.7 Å². The number of thiophene rings is 1. The van der Waals surface area contributed by atoms with Gasteiger partial charge in [-0.3, -0.25) is 14.4 Å². The van der Waals surface area contributed by atoms with E-state index in [-0.39, 0.29) is 22.9 Å². The molecule has 0 aliphatic carbocycles. The molecule has 2 aromatic carbocycles. The average molecular weight is 453 g/mol. The summed E-state index contributed by atoms with van der Waals surface area (Å²) in [4.78, 5) is 40.7. The number of hydrogen-bond donors (Lipinski definition) is 2. The Kier molecular flexibility index (Phi) is 4.97. The molecule has 2 atom stereocenters. The number of carbonyl (C=O) groups is 3. The summed E-state index contributed by atoms with van der Waals surface area (Å²) >= 11 is 1.29. The van der Waals surface area contributed by atoms with Crippen LogP contribution in [0.3, 0.4) is 0 Å². The number of nitrogens with one attached hydrogen (secondary N) is 2. The molecule has 0 spiro atoms. The number of fused-ring (bicyclic) bond motifs is 2. The second kappa shape index (κ2) is 7.83. The van der Waals surface area contributed by atoms with Crippen molar-refractivity contribution in [3.8, 4) is 11.1 Å². The zero-order chi connectivity index (χ0) is 22.4. The minimum absolute atomic E-state index is 0.150. The molecular formula is C23H17F2N3O3S. The van der Waals surface area contributed by atoms with Gasteiger partial charge >= 0.3 is 0 Å². The first-order valence-electron chi connectivity index (χ1n) is 9.98. The smallest absolute Gasteiger partial charge is 0.261 e. The van der Waals surface area contributed by atoms with Gasteiger partial charge in [0.2, 0.25) is 5.91 Å². The molecule has 2 aliphatic rings. The predicted octanol–water partition coefficient (Wildman–Crippen LogP) is 3.66. The zero-order valence-electron chi connectivity index (χ0n) is 16.6. The molecule has 0 radical (unpaired) electrons. The van der Waals surface area contributed by atoms with Crippen molar-refractivity contribution < 1.29 is 23.2 Å². The number of rotatable bonds is 3. The van der Waals surface area contributed by atoms with Crippen molar-refractivity contribution >= 4 is 34.7 Å². The maximum atomic E-state index is 14.3. The summed E-state index contributed by atoms with van der Waals surface area (Å²) in [5, 5.41) is 7.42. The molecule has 3 aromatic rings. The van der Waals surface area contributed by atoms with E-state index in [1.54, 1.807) is 23.6 Å². The fourth-order valence-corrected chi connectivity index (χ4v) is 4.85. The molecule has 9 heteroatoms. The van der Waals surface area contributed by atoms with Crippen LogP contribution in [0.15, 0.2) is 53.9 Å². The van der Waals surface area contributed by atoms with Crippen molar-refractivity contribution in [1.29, 1.82) is 0 Å². The molecule has 3 amide bonds. The minimum Gasteiger partial charge on any atom is -0.346 e. The van der Waals surface area contributed by atoms with Crippen molar-refractivity contribution in [1.82, 2.24) is 10.2 Å². The molecule has 2 unspecified atom stereocenters. The van der Waals surface area contributed by atoms with E-state index < -0.39 is 29.6 Å². The van der Waals surface area contributed by atoms with Crippen LogP contribution >= 0.6 is 11.3 Å². The molecule has 1 saturated heterocycles. The van der Waals surface area contributed by atoms with Crippen molar-refractivity contribution in [2.24, 2.45) is 0 Å². The summed E-state index contributed by atoms with van der Waals surface area (Å²) < 4.78 is 27.5. The van der Waals surface area contributed by atoms with Gasteiger partial charge in [-0.15, -0.1) is 11.3 Å². The molecule has 2 aliphatic heterocycles. The van der Waals surface area contributed by atoms with E-state index in [1.165, 1.54) is 34.4 Å². The Balaban J connectivity index is 1.45. The maximum absolute atomic E-state index is 14.3. The number of carbonyl (C=O) groups excluding carboxylic acids is 3. The molecule has 3 heterocycles. The lowest BCUT2D eigenvalue weighted by molar-refractivity contribution is -0.120. The summed E-state index contributed by atoms with van der Waals surface area (Å²) in [5.41, 5.74) is 1.07. The second-order valence-electron chi connectivity index (χ2n) is 7.66. The molecule has 32 heavy (non-hydrogen) atoms. The average Bonchev–Trinajstić information content (AvgIpc) is 3.42. The van der Waals surface area contributed by atoms with Gasteiger partial charge in [0.25, 0.3) is 11.8 Å². The van der Waals surface area contributed by atoms with Crippen LogP contribution in [0.4, 0.5) is 14.5 Å². The van der Waals surface area contributed by atoms with E-state index in [2.05, 4.69) is 10.6 Å². The minimum atomic E-state index is -0.857. The van der Waals surface area contributed by atoms with Gasteiger partial charge < -0.3 is 15.5 Å². The Morgan fingerprint density at radius 2 is 1.94 bits per heavy atom. The van der Waals surface area contributed by atoms with Gasteiger partial charge in [-0.25, -0.2) is 8.78 Å². The van der Waals surface area contributed by atoms with Crippen LogP contribution < -0.4 is 10.6 Å². The highest BCUT2D eigenvalue weighted by atomic mass is 32.1. The standard InChI is InChI=1S/C23H17F2N3O3S/c24-13-4-5-14(16(25)11-13)12-3-6-17-15(10-12)23(31)28-8-7-18(20(28)22(30)26-17)27-21(29)19-2-1-9-32-19/h1-6,9-11,18,20H,7-8H2,(H,26,30)(H,27,29). The third-order valence-corrected chi connectivity index (χ3v) is 6.61. The van der Waals surface area contributed by atoms with Gasteiger partial charge in [0.05, 0.1) is 22.2 Å². The van der Waals surface area contributed by atoms with E-state index in [0.717, 1.165) is 12.1 Å². The summed E-state index contributed by atoms with van der Waals surface area (Å²) in [6.07, 6.45) is 0.433. The molecule has 5 rings (SSSR count). The number of halogens is 2. The van der Waals surface area contributed by atoms with Gasteiger partial charge in [-0.2, -0.15) is 0 Å². The zero-order valence-corrected chi connectivity index (χ0v) is 17.4. The highest BCUT2D eigenvalue weighted by Crippen LogP contribution is 2.33. The van der Waals surface area contributed by atoms with E-state index in [9.17, 15) is 23.2 Å². The summed E-state index contributed by atoms with van der Waals surface area (Å²) in [5.74, 6) is -2.51. The van der Waals surface area contributed by atoms with Gasteiger partial charge in [0, 0.05) is 18.2 Å². The predicted molar refractivity (Wildman–Crippen MR) is 115 cm³/mol. The molecule has 162 valence electrons. The maximum Gasteiger partial charge on any atom is 0.261 e. The third-order valence-electron chi connectivity index (χ3n) is 5.74. The van der Waals surface area contributed by atoms with E-state index in [0.29, 0.717) is 29.1 Å². The van der Waals surface area contributed by atoms with Crippen LogP contribution in [0.25, 0.3) is 11.1 Å². The molecule has 2 N–H and O–H groups in total. The molecule has 1 aromatic heterocycles. The molecule has 0 saturated carbocycles. The fourth-order valence-electron chi connectivity index (χ4n) is 4.23. The number of anilines is 1. The largest absolute Gasteiger partial charge is 0.346 e. The van der Waals surface area contributed by atoms with E-state index >= 15 is 0 Å². The number of nitrogens with zero attached hydrogens (tertiary/aromatic N) is 1. The quantitative estimate of drug-likeness (QED) is 0.636. The first-order chi connectivity index (χ1) is 15.4. The normalized spacial score (nSPS) is 19.8. The lowest BCUT2D eigenvalue weighted by Gasteiger charge is -2.24. The van der Waals surface area contributed by atoms with Crippen LogP contribution in [0.5, 0.6) is 0 Å². The Morgan fingerprint density at radius 3 is 2.69 bits per heavy atom. The lowest BCUT2D eigenvalue weighted by atomic mass is 10.0. The van der Waals surface area contributed by atoms with E-state index in [1.807, 2.05) is 0 Å². The van der Waals surface area contributed by atoms with Gasteiger partial charge in [-0.1, -0.05) is 12.1 Å². The van der Waals surface area contributed by atoms with Crippen LogP contribution in [-0.2, 0) is 4.79 Å². The van der Waals surface area contributed by atoms with Crippen LogP contribution in [0.2, 0.25) is 0 Å². The Hall–Kier alpha value is -3.59. The van der Waals surface area contributed by atoms with Crippen LogP contribution in [0, 0.1) is 11.6 Å². The molecule has 1 fully saturated rings. The molecule has 6 nitrogen and oxygen atoms in total. The monoisotopic (exact) mass is 453 g/mol. The van der Waals surface area contributed by atoms with Crippen molar-refractivity contribution in [2.45, 2.75) is 18.5 Å². The number of benzene rings is 2. The second-order valence-corrected chi connectivity index (χ2v) is 8.61. The van der Waals surface area contributed by atoms with E-state index in [4.69, 9.17) is 0 Å². The Labute approximate surface area is 185 Å². The Bertz CT molecular complexity index is 1250. The fraction of sp³-hybridized carbons (Fsp3) is 0.174. The summed E-state index contributed by atoms with van der Waals surface area (Å²) in [7, 11) is 0. The molecule has 0 bridgehead atoms. The highest BCUT2D eigenvalue weighted by molar-refractivity contribution is 7.12. The van der Waals surface area contributed by atoms with Gasteiger partial charge in [-0.05, 0) is 47.7 Å². The highest BCUT2D eigenvalue weighted by Gasteiger charge is 2.45. The van der Waals surface area contributed by atoms with Crippen molar-refractivity contribution in [2.75, 3.05) is 11.9 Å². The third kappa shape index (κ3) is 3.44. The number of amides is 3. The number of hydrogen-bond acceptors (Lipinski definition) is 4. The lowest BCUT2D eigenvalue weighted by Crippen LogP contribution is -2.51. The van der Waals surface area contributed by atoms with Gasteiger partial charge in [0.15, 0.2) is 0 Å². The topological polar surface area (TPSA) is 78.5 Å². The summed E-state index contributed by atoms with van der Waals surface area (Å²) in [6, 6.07) is 9.89. The first kappa shape index (κ1) is 20.3. The van der Waals surface area contributed by atoms with Crippen LogP contribution in [-0.4, -0.2) is 41.2 Å². The Morgan fingerprint density at radius 1 is 1.09 bits per heavy atom. The molecular weight excluding hydrogens is 436 g/mol.